The minimum atomic E-state index is 0.168. The van der Waals surface area contributed by atoms with Crippen LogP contribution in [0.4, 0.5) is 0 Å². The monoisotopic (exact) mass is 241 g/mol. The molecule has 2 fully saturated rings. The van der Waals surface area contributed by atoms with Crippen molar-refractivity contribution in [3.8, 4) is 0 Å². The summed E-state index contributed by atoms with van der Waals surface area (Å²) in [6.07, 6.45) is 5.13. The Morgan fingerprint density at radius 3 is 2.53 bits per heavy atom. The third kappa shape index (κ3) is 2.99. The third-order valence-electron chi connectivity index (χ3n) is 4.67. The molecule has 4 heteroatoms. The van der Waals surface area contributed by atoms with E-state index in [-0.39, 0.29) is 5.54 Å². The molecule has 0 aromatic rings. The zero-order valence-corrected chi connectivity index (χ0v) is 11.2. The summed E-state index contributed by atoms with van der Waals surface area (Å²) in [5.41, 5.74) is 3.25. The second-order valence-corrected chi connectivity index (χ2v) is 5.71. The van der Waals surface area contributed by atoms with Crippen LogP contribution >= 0.6 is 0 Å². The first kappa shape index (κ1) is 13.3. The molecule has 1 saturated heterocycles. The largest absolute Gasteiger partial charge is 0.379 e. The molecule has 1 heterocycles. The quantitative estimate of drug-likeness (QED) is 0.540. The number of rotatable bonds is 6. The number of ether oxygens (including phenoxy) is 1. The average molecular weight is 241 g/mol. The number of nitrogens with two attached hydrogens (primary N) is 1. The molecule has 4 nitrogen and oxygen atoms in total. The average Bonchev–Trinajstić information content (AvgIpc) is 3.20. The summed E-state index contributed by atoms with van der Waals surface area (Å²) in [6, 6.07) is 0.401. The molecule has 0 radical (unpaired) electrons. The van der Waals surface area contributed by atoms with Crippen LogP contribution in [-0.4, -0.2) is 42.8 Å². The number of hydrogen-bond acceptors (Lipinski definition) is 4. The molecule has 0 aromatic carbocycles. The standard InChI is InChI=1S/C13H27N3O/c1-3-13(2,16-6-8-17-9-7-16)12(15-14)10-11-4-5-11/h11-12,15H,3-10,14H2,1-2H3. The molecular formula is C13H27N3O. The molecule has 1 saturated carbocycles. The second kappa shape index (κ2) is 5.65. The van der Waals surface area contributed by atoms with Crippen molar-refractivity contribution < 1.29 is 4.74 Å². The fraction of sp³-hybridized carbons (Fsp3) is 1.00. The Morgan fingerprint density at radius 1 is 1.41 bits per heavy atom. The predicted octanol–water partition coefficient (Wildman–Crippen LogP) is 1.12. The molecule has 0 spiro atoms. The van der Waals surface area contributed by atoms with E-state index < -0.39 is 0 Å². The second-order valence-electron chi connectivity index (χ2n) is 5.71. The van der Waals surface area contributed by atoms with E-state index >= 15 is 0 Å². The van der Waals surface area contributed by atoms with Gasteiger partial charge in [-0.25, -0.2) is 0 Å². The lowest BCUT2D eigenvalue weighted by Crippen LogP contribution is -2.63. The molecule has 2 unspecified atom stereocenters. The molecular weight excluding hydrogens is 214 g/mol. The molecule has 100 valence electrons. The first-order valence-corrected chi connectivity index (χ1v) is 6.99. The lowest BCUT2D eigenvalue weighted by atomic mass is 9.84. The van der Waals surface area contributed by atoms with E-state index in [4.69, 9.17) is 10.6 Å². The molecule has 0 aromatic heterocycles. The van der Waals surface area contributed by atoms with Gasteiger partial charge >= 0.3 is 0 Å². The van der Waals surface area contributed by atoms with Crippen molar-refractivity contribution in [2.45, 2.75) is 51.1 Å². The van der Waals surface area contributed by atoms with E-state index in [1.54, 1.807) is 0 Å². The van der Waals surface area contributed by atoms with Crippen LogP contribution in [0.15, 0.2) is 0 Å². The van der Waals surface area contributed by atoms with Crippen LogP contribution in [-0.2, 0) is 4.74 Å². The zero-order valence-electron chi connectivity index (χ0n) is 11.2. The highest BCUT2D eigenvalue weighted by atomic mass is 16.5. The van der Waals surface area contributed by atoms with E-state index in [1.807, 2.05) is 0 Å². The van der Waals surface area contributed by atoms with E-state index in [9.17, 15) is 0 Å². The van der Waals surface area contributed by atoms with Crippen molar-refractivity contribution in [2.24, 2.45) is 11.8 Å². The molecule has 2 atom stereocenters. The fourth-order valence-corrected chi connectivity index (χ4v) is 2.95. The first-order valence-electron chi connectivity index (χ1n) is 6.99. The molecule has 17 heavy (non-hydrogen) atoms. The van der Waals surface area contributed by atoms with Gasteiger partial charge in [-0.2, -0.15) is 0 Å². The van der Waals surface area contributed by atoms with Crippen molar-refractivity contribution in [1.82, 2.24) is 10.3 Å². The summed E-state index contributed by atoms with van der Waals surface area (Å²) in [4.78, 5) is 2.56. The minimum absolute atomic E-state index is 0.168. The van der Waals surface area contributed by atoms with Gasteiger partial charge in [-0.1, -0.05) is 19.8 Å². The maximum Gasteiger partial charge on any atom is 0.0594 e. The van der Waals surface area contributed by atoms with Gasteiger partial charge in [0, 0.05) is 24.7 Å². The van der Waals surface area contributed by atoms with Gasteiger partial charge in [0.15, 0.2) is 0 Å². The van der Waals surface area contributed by atoms with Gasteiger partial charge in [0.05, 0.1) is 13.2 Å². The number of nitrogens with zero attached hydrogens (tertiary/aromatic N) is 1. The van der Waals surface area contributed by atoms with Crippen molar-refractivity contribution in [3.05, 3.63) is 0 Å². The summed E-state index contributed by atoms with van der Waals surface area (Å²) in [6.45, 7) is 8.41. The van der Waals surface area contributed by atoms with Crippen LogP contribution in [0.2, 0.25) is 0 Å². The van der Waals surface area contributed by atoms with Crippen LogP contribution in [0, 0.1) is 5.92 Å². The van der Waals surface area contributed by atoms with Gasteiger partial charge in [0.1, 0.15) is 0 Å². The normalized spacial score (nSPS) is 27.7. The summed E-state index contributed by atoms with van der Waals surface area (Å²) in [5.74, 6) is 6.71. The topological polar surface area (TPSA) is 50.5 Å². The lowest BCUT2D eigenvalue weighted by Gasteiger charge is -2.47. The molecule has 0 amide bonds. The Labute approximate surface area is 105 Å². The van der Waals surface area contributed by atoms with Crippen molar-refractivity contribution in [2.75, 3.05) is 26.3 Å². The lowest BCUT2D eigenvalue weighted by molar-refractivity contribution is -0.0341. The molecule has 1 aliphatic carbocycles. The van der Waals surface area contributed by atoms with Crippen LogP contribution in [0.3, 0.4) is 0 Å². The van der Waals surface area contributed by atoms with E-state index in [2.05, 4.69) is 24.2 Å². The van der Waals surface area contributed by atoms with E-state index in [0.717, 1.165) is 38.6 Å². The van der Waals surface area contributed by atoms with Gasteiger partial charge in [0.25, 0.3) is 0 Å². The molecule has 0 bridgehead atoms. The Hall–Kier alpha value is -0.160. The number of morpholine rings is 1. The Morgan fingerprint density at radius 2 is 2.06 bits per heavy atom. The maximum absolute atomic E-state index is 5.81. The smallest absolute Gasteiger partial charge is 0.0594 e. The van der Waals surface area contributed by atoms with Gasteiger partial charge in [-0.15, -0.1) is 0 Å². The highest BCUT2D eigenvalue weighted by Crippen LogP contribution is 2.37. The summed E-state index contributed by atoms with van der Waals surface area (Å²) in [5, 5.41) is 0. The number of nitrogens with one attached hydrogen (secondary N) is 1. The Balaban J connectivity index is 2.02. The Kier molecular flexibility index (Phi) is 4.42. The SMILES string of the molecule is CCC(C)(C(CC1CC1)NN)N1CCOCC1. The predicted molar refractivity (Wildman–Crippen MR) is 69.5 cm³/mol. The molecule has 2 aliphatic rings. The highest BCUT2D eigenvalue weighted by molar-refractivity contribution is 4.98. The summed E-state index contributed by atoms with van der Waals surface area (Å²) >= 11 is 0. The van der Waals surface area contributed by atoms with Crippen molar-refractivity contribution in [1.29, 1.82) is 0 Å². The van der Waals surface area contributed by atoms with E-state index in [1.165, 1.54) is 19.3 Å². The zero-order chi connectivity index (χ0) is 12.3. The molecule has 2 rings (SSSR count). The van der Waals surface area contributed by atoms with Gasteiger partial charge in [0.2, 0.25) is 0 Å². The highest BCUT2D eigenvalue weighted by Gasteiger charge is 2.40. The van der Waals surface area contributed by atoms with Crippen LogP contribution < -0.4 is 11.3 Å². The van der Waals surface area contributed by atoms with Crippen LogP contribution in [0.5, 0.6) is 0 Å². The maximum atomic E-state index is 5.81. The van der Waals surface area contributed by atoms with Crippen LogP contribution in [0.25, 0.3) is 0 Å². The van der Waals surface area contributed by atoms with Gasteiger partial charge < -0.3 is 4.74 Å². The van der Waals surface area contributed by atoms with Crippen LogP contribution in [0.1, 0.15) is 39.5 Å². The minimum Gasteiger partial charge on any atom is -0.379 e. The fourth-order valence-electron chi connectivity index (χ4n) is 2.95. The molecule has 3 N–H and O–H groups in total. The third-order valence-corrected chi connectivity index (χ3v) is 4.67. The summed E-state index contributed by atoms with van der Waals surface area (Å²) < 4.78 is 5.45. The Bertz CT molecular complexity index is 239. The summed E-state index contributed by atoms with van der Waals surface area (Å²) in [7, 11) is 0. The number of hydrogen-bond donors (Lipinski definition) is 2. The first-order chi connectivity index (χ1) is 8.20. The van der Waals surface area contributed by atoms with Crippen molar-refractivity contribution in [3.63, 3.8) is 0 Å². The number of hydrazine groups is 1. The van der Waals surface area contributed by atoms with Crippen molar-refractivity contribution >= 4 is 0 Å². The van der Waals surface area contributed by atoms with Gasteiger partial charge in [-0.05, 0) is 25.7 Å². The van der Waals surface area contributed by atoms with Gasteiger partial charge in [-0.3, -0.25) is 16.2 Å². The van der Waals surface area contributed by atoms with E-state index in [0.29, 0.717) is 6.04 Å². The molecule has 1 aliphatic heterocycles.